The fraction of sp³-hybridized carbons (Fsp3) is 0.368. The van der Waals surface area contributed by atoms with E-state index >= 15 is 0 Å². The van der Waals surface area contributed by atoms with Gasteiger partial charge in [-0.1, -0.05) is 36.0 Å². The fourth-order valence-corrected chi connectivity index (χ4v) is 3.53. The van der Waals surface area contributed by atoms with E-state index in [1.54, 1.807) is 25.0 Å². The molecule has 146 valence electrons. The van der Waals surface area contributed by atoms with Crippen molar-refractivity contribution in [2.45, 2.75) is 19.4 Å². The largest absolute Gasteiger partial charge is 0.393 e. The number of thioether (sulfide) groups is 1. The van der Waals surface area contributed by atoms with Gasteiger partial charge in [-0.3, -0.25) is 9.59 Å². The Bertz CT molecular complexity index is 751. The van der Waals surface area contributed by atoms with E-state index in [0.717, 1.165) is 16.8 Å². The zero-order valence-electron chi connectivity index (χ0n) is 15.4. The Kier molecular flexibility index (Phi) is 8.22. The molecule has 0 saturated carbocycles. The third-order valence-electron chi connectivity index (χ3n) is 4.19. The summed E-state index contributed by atoms with van der Waals surface area (Å²) >= 11 is 6.93. The van der Waals surface area contributed by atoms with Crippen molar-refractivity contribution in [3.63, 3.8) is 0 Å². The number of carbonyl (C=O) groups is 2. The molecule has 1 aliphatic heterocycles. The van der Waals surface area contributed by atoms with Gasteiger partial charge in [-0.2, -0.15) is 0 Å². The number of nitrogens with one attached hydrogen (secondary N) is 1. The van der Waals surface area contributed by atoms with Crippen molar-refractivity contribution in [1.29, 1.82) is 0 Å². The smallest absolute Gasteiger partial charge is 0.249 e. The normalized spacial score (nSPS) is 17.7. The Morgan fingerprint density at radius 2 is 2.19 bits per heavy atom. The summed E-state index contributed by atoms with van der Waals surface area (Å²) in [7, 11) is 1.59. The average molecular weight is 410 g/mol. The lowest BCUT2D eigenvalue weighted by Crippen LogP contribution is -2.53. The van der Waals surface area contributed by atoms with Crippen molar-refractivity contribution in [1.82, 2.24) is 5.32 Å². The second-order valence-corrected chi connectivity index (χ2v) is 7.61. The van der Waals surface area contributed by atoms with Crippen LogP contribution in [-0.4, -0.2) is 43.3 Å². The lowest BCUT2D eigenvalue weighted by molar-refractivity contribution is -0.125. The summed E-state index contributed by atoms with van der Waals surface area (Å²) < 4.78 is 5.11. The van der Waals surface area contributed by atoms with Gasteiger partial charge < -0.3 is 20.7 Å². The first-order chi connectivity index (χ1) is 13.0. The molecule has 2 amide bonds. The monoisotopic (exact) mass is 409 g/mol. The van der Waals surface area contributed by atoms with Crippen molar-refractivity contribution in [3.05, 3.63) is 52.6 Å². The number of methoxy groups -OCH3 is 1. The number of fused-ring (bicyclic) bond motifs is 1. The molecule has 0 saturated heterocycles. The molecule has 27 heavy (non-hydrogen) atoms. The fourth-order valence-electron chi connectivity index (χ4n) is 2.76. The molecule has 1 atom stereocenters. The minimum atomic E-state index is -0.618. The molecule has 1 aromatic carbocycles. The maximum Gasteiger partial charge on any atom is 0.249 e. The molecule has 6 nitrogen and oxygen atoms in total. The van der Waals surface area contributed by atoms with Crippen molar-refractivity contribution >= 4 is 40.9 Å². The van der Waals surface area contributed by atoms with Crippen LogP contribution in [0.5, 0.6) is 0 Å². The van der Waals surface area contributed by atoms with Gasteiger partial charge in [0.15, 0.2) is 0 Å². The summed E-state index contributed by atoms with van der Waals surface area (Å²) in [5.41, 5.74) is 8.47. The molecule has 0 aromatic heterocycles. The number of nitrogens with zero attached hydrogens (tertiary/aromatic N) is 1. The van der Waals surface area contributed by atoms with Gasteiger partial charge in [0, 0.05) is 31.8 Å². The molecule has 0 aliphatic carbocycles. The lowest BCUT2D eigenvalue weighted by Gasteiger charge is -2.34. The third-order valence-corrected chi connectivity index (χ3v) is 5.26. The number of nitrogens with two attached hydrogens (primary N) is 1. The SMILES string of the molecule is COCCN1C(=O)C(NC(=O)/C=C/C(C)=C(\N)SCCl)Cc2ccccc21. The Labute approximate surface area is 168 Å². The summed E-state index contributed by atoms with van der Waals surface area (Å²) in [5, 5.41) is 3.69. The number of hydrogen-bond acceptors (Lipinski definition) is 5. The van der Waals surface area contributed by atoms with Crippen LogP contribution in [-0.2, 0) is 20.7 Å². The molecule has 0 bridgehead atoms. The number of hydrogen-bond donors (Lipinski definition) is 2. The summed E-state index contributed by atoms with van der Waals surface area (Å²) in [6.45, 7) is 2.65. The molecule has 0 spiro atoms. The molecule has 0 fully saturated rings. The zero-order chi connectivity index (χ0) is 19.8. The zero-order valence-corrected chi connectivity index (χ0v) is 17.0. The van der Waals surface area contributed by atoms with E-state index in [2.05, 4.69) is 5.32 Å². The molecule has 1 aromatic rings. The van der Waals surface area contributed by atoms with E-state index in [0.29, 0.717) is 29.8 Å². The van der Waals surface area contributed by atoms with E-state index in [1.165, 1.54) is 17.8 Å². The number of anilines is 1. The van der Waals surface area contributed by atoms with Crippen LogP contribution in [0.2, 0.25) is 0 Å². The van der Waals surface area contributed by atoms with E-state index in [-0.39, 0.29) is 11.8 Å². The molecule has 1 aliphatic rings. The second-order valence-electron chi connectivity index (χ2n) is 6.01. The van der Waals surface area contributed by atoms with E-state index in [1.807, 2.05) is 24.3 Å². The molecule has 8 heteroatoms. The molecule has 3 N–H and O–H groups in total. The molecule has 1 heterocycles. The summed E-state index contributed by atoms with van der Waals surface area (Å²) in [6.07, 6.45) is 3.45. The molecule has 1 unspecified atom stereocenters. The highest BCUT2D eigenvalue weighted by Gasteiger charge is 2.33. The number of ether oxygens (including phenoxy) is 1. The first-order valence-electron chi connectivity index (χ1n) is 8.49. The number of allylic oxidation sites excluding steroid dienone is 2. The summed E-state index contributed by atoms with van der Waals surface area (Å²) in [5.74, 6) is -0.487. The molecular formula is C19H24ClN3O3S. The van der Waals surface area contributed by atoms with Crippen LogP contribution in [0.3, 0.4) is 0 Å². The van der Waals surface area contributed by atoms with Gasteiger partial charge >= 0.3 is 0 Å². The van der Waals surface area contributed by atoms with Crippen LogP contribution in [0.15, 0.2) is 47.0 Å². The highest BCUT2D eigenvalue weighted by atomic mass is 35.5. The Morgan fingerprint density at radius 3 is 2.89 bits per heavy atom. The number of rotatable bonds is 8. The van der Waals surface area contributed by atoms with Crippen LogP contribution >= 0.6 is 23.4 Å². The Hall–Kier alpha value is -1.96. The van der Waals surface area contributed by atoms with Gasteiger partial charge in [-0.25, -0.2) is 0 Å². The molecular weight excluding hydrogens is 386 g/mol. The van der Waals surface area contributed by atoms with E-state index < -0.39 is 6.04 Å². The minimum absolute atomic E-state index is 0.142. The number of halogens is 1. The summed E-state index contributed by atoms with van der Waals surface area (Å²) in [4.78, 5) is 26.8. The number of amides is 2. The van der Waals surface area contributed by atoms with Crippen molar-refractivity contribution in [2.24, 2.45) is 5.73 Å². The standard InChI is InChI=1S/C19H24ClN3O3S/c1-13(18(21)27-12-20)7-8-17(24)22-15-11-14-5-3-4-6-16(14)23(19(15)25)9-10-26-2/h3-8,15H,9-12,21H2,1-2H3,(H,22,24)/b8-7+,18-13+. The molecule has 2 rings (SSSR count). The topological polar surface area (TPSA) is 84.7 Å². The maximum atomic E-state index is 12.8. The first-order valence-corrected chi connectivity index (χ1v) is 10.0. The quantitative estimate of drug-likeness (QED) is 0.391. The highest BCUT2D eigenvalue weighted by Crippen LogP contribution is 2.27. The van der Waals surface area contributed by atoms with Crippen LogP contribution < -0.4 is 16.0 Å². The number of para-hydroxylation sites is 1. The number of carbonyl (C=O) groups excluding carboxylic acids is 2. The minimum Gasteiger partial charge on any atom is -0.393 e. The maximum absolute atomic E-state index is 12.8. The van der Waals surface area contributed by atoms with Gasteiger partial charge in [0.1, 0.15) is 6.04 Å². The van der Waals surface area contributed by atoms with Gasteiger partial charge in [0.05, 0.1) is 16.8 Å². The van der Waals surface area contributed by atoms with Crippen LogP contribution in [0.25, 0.3) is 0 Å². The van der Waals surface area contributed by atoms with Crippen LogP contribution in [0.1, 0.15) is 12.5 Å². The average Bonchev–Trinajstić information content (AvgIpc) is 2.66. The van der Waals surface area contributed by atoms with Gasteiger partial charge in [-0.05, 0) is 24.1 Å². The molecule has 0 radical (unpaired) electrons. The van der Waals surface area contributed by atoms with Crippen molar-refractivity contribution in [2.75, 3.05) is 30.4 Å². The second kappa shape index (κ2) is 10.4. The van der Waals surface area contributed by atoms with Crippen LogP contribution in [0.4, 0.5) is 5.69 Å². The van der Waals surface area contributed by atoms with Gasteiger partial charge in [0.2, 0.25) is 11.8 Å². The number of alkyl halides is 1. The summed E-state index contributed by atoms with van der Waals surface area (Å²) in [6, 6.07) is 7.08. The van der Waals surface area contributed by atoms with Crippen molar-refractivity contribution in [3.8, 4) is 0 Å². The van der Waals surface area contributed by atoms with Gasteiger partial charge in [0.25, 0.3) is 0 Å². The van der Waals surface area contributed by atoms with E-state index in [9.17, 15) is 9.59 Å². The first kappa shape index (κ1) is 21.3. The van der Waals surface area contributed by atoms with E-state index in [4.69, 9.17) is 22.1 Å². The third kappa shape index (κ3) is 5.76. The van der Waals surface area contributed by atoms with Crippen molar-refractivity contribution < 1.29 is 14.3 Å². The van der Waals surface area contributed by atoms with Crippen LogP contribution in [0, 0.1) is 0 Å². The number of benzene rings is 1. The highest BCUT2D eigenvalue weighted by molar-refractivity contribution is 8.04. The Balaban J connectivity index is 2.11. The lowest BCUT2D eigenvalue weighted by atomic mass is 9.97. The Morgan fingerprint density at radius 1 is 1.44 bits per heavy atom. The predicted octanol–water partition coefficient (Wildman–Crippen LogP) is 2.38. The predicted molar refractivity (Wildman–Crippen MR) is 111 cm³/mol. The van der Waals surface area contributed by atoms with Gasteiger partial charge in [-0.15, -0.1) is 11.6 Å².